The lowest BCUT2D eigenvalue weighted by Gasteiger charge is -2.34. The topological polar surface area (TPSA) is 45.2 Å². The molecule has 1 amide bonds. The van der Waals surface area contributed by atoms with Crippen molar-refractivity contribution >= 4 is 5.91 Å². The summed E-state index contributed by atoms with van der Waals surface area (Å²) in [5, 5.41) is 3.48. The molecule has 28 heavy (non-hydrogen) atoms. The first-order chi connectivity index (χ1) is 13.8. The summed E-state index contributed by atoms with van der Waals surface area (Å²) in [7, 11) is 0. The SMILES string of the molecule is O=C(c1ccc(C2CCCNC2)cc1)N(Cc1ccncc1)C1CCCCC1. The molecule has 0 radical (unpaired) electrons. The number of nitrogens with one attached hydrogen (secondary N) is 1. The van der Waals surface area contributed by atoms with E-state index in [1.807, 2.05) is 36.7 Å². The van der Waals surface area contributed by atoms with Crippen LogP contribution in [0, 0.1) is 0 Å². The van der Waals surface area contributed by atoms with Gasteiger partial charge >= 0.3 is 0 Å². The van der Waals surface area contributed by atoms with Gasteiger partial charge in [0, 0.05) is 37.1 Å². The lowest BCUT2D eigenvalue weighted by atomic mass is 9.90. The third-order valence-corrected chi connectivity index (χ3v) is 6.30. The third kappa shape index (κ3) is 4.61. The van der Waals surface area contributed by atoms with Crippen LogP contribution in [0.25, 0.3) is 0 Å². The number of rotatable bonds is 5. The summed E-state index contributed by atoms with van der Waals surface area (Å²) in [5.41, 5.74) is 3.31. The van der Waals surface area contributed by atoms with E-state index in [2.05, 4.69) is 27.3 Å². The maximum atomic E-state index is 13.4. The van der Waals surface area contributed by atoms with Crippen molar-refractivity contribution in [1.82, 2.24) is 15.2 Å². The molecule has 1 aromatic carbocycles. The zero-order valence-corrected chi connectivity index (χ0v) is 16.6. The molecular weight excluding hydrogens is 346 g/mol. The standard InChI is InChI=1S/C24H31N3O/c28-24(21-10-8-20(9-11-21)22-5-4-14-26-17-22)27(23-6-2-1-3-7-23)18-19-12-15-25-16-13-19/h8-13,15-16,22-23,26H,1-7,14,17-18H2. The van der Waals surface area contributed by atoms with Crippen LogP contribution in [0.3, 0.4) is 0 Å². The number of amides is 1. The van der Waals surface area contributed by atoms with Crippen LogP contribution in [-0.2, 0) is 6.54 Å². The molecule has 2 aromatic rings. The predicted molar refractivity (Wildman–Crippen MR) is 112 cm³/mol. The van der Waals surface area contributed by atoms with E-state index in [9.17, 15) is 4.79 Å². The normalized spacial score (nSPS) is 20.6. The van der Waals surface area contributed by atoms with Gasteiger partial charge in [-0.15, -0.1) is 0 Å². The van der Waals surface area contributed by atoms with E-state index in [4.69, 9.17) is 0 Å². The molecule has 4 heteroatoms. The van der Waals surface area contributed by atoms with Crippen LogP contribution in [0.1, 0.15) is 72.3 Å². The van der Waals surface area contributed by atoms with Gasteiger partial charge in [0.05, 0.1) is 0 Å². The van der Waals surface area contributed by atoms with Gasteiger partial charge in [0.25, 0.3) is 5.91 Å². The number of piperidine rings is 1. The fourth-order valence-electron chi connectivity index (χ4n) is 4.64. The van der Waals surface area contributed by atoms with Crippen LogP contribution in [-0.4, -0.2) is 34.9 Å². The molecule has 0 bridgehead atoms. The van der Waals surface area contributed by atoms with Crippen LogP contribution in [0.4, 0.5) is 0 Å². The fraction of sp³-hybridized carbons (Fsp3) is 0.500. The van der Waals surface area contributed by atoms with Crippen molar-refractivity contribution in [3.05, 3.63) is 65.5 Å². The van der Waals surface area contributed by atoms with Gasteiger partial charge in [0.2, 0.25) is 0 Å². The summed E-state index contributed by atoms with van der Waals surface area (Å²) in [6, 6.07) is 12.8. The molecule has 2 aliphatic rings. The minimum absolute atomic E-state index is 0.164. The van der Waals surface area contributed by atoms with Crippen molar-refractivity contribution in [1.29, 1.82) is 0 Å². The molecule has 1 saturated heterocycles. The van der Waals surface area contributed by atoms with Gasteiger partial charge in [-0.05, 0) is 73.5 Å². The van der Waals surface area contributed by atoms with Crippen molar-refractivity contribution in [3.8, 4) is 0 Å². The maximum Gasteiger partial charge on any atom is 0.254 e. The molecule has 4 nitrogen and oxygen atoms in total. The monoisotopic (exact) mass is 377 g/mol. The highest BCUT2D eigenvalue weighted by Gasteiger charge is 2.26. The second-order valence-corrected chi connectivity index (χ2v) is 8.25. The van der Waals surface area contributed by atoms with E-state index >= 15 is 0 Å². The van der Waals surface area contributed by atoms with Crippen molar-refractivity contribution in [2.45, 2.75) is 63.5 Å². The Balaban J connectivity index is 1.52. The van der Waals surface area contributed by atoms with Crippen LogP contribution < -0.4 is 5.32 Å². The molecule has 2 heterocycles. The van der Waals surface area contributed by atoms with E-state index in [0.717, 1.165) is 37.1 Å². The second kappa shape index (κ2) is 9.33. The number of carbonyl (C=O) groups excluding carboxylic acids is 1. The van der Waals surface area contributed by atoms with Crippen LogP contribution in [0.5, 0.6) is 0 Å². The van der Waals surface area contributed by atoms with Crippen molar-refractivity contribution in [3.63, 3.8) is 0 Å². The Morgan fingerprint density at radius 1 is 0.964 bits per heavy atom. The highest BCUT2D eigenvalue weighted by atomic mass is 16.2. The molecular formula is C24H31N3O. The second-order valence-electron chi connectivity index (χ2n) is 8.25. The van der Waals surface area contributed by atoms with Gasteiger partial charge in [0.15, 0.2) is 0 Å². The van der Waals surface area contributed by atoms with E-state index in [0.29, 0.717) is 18.5 Å². The van der Waals surface area contributed by atoms with Crippen LogP contribution in [0.2, 0.25) is 0 Å². The summed E-state index contributed by atoms with van der Waals surface area (Å²) in [5.74, 6) is 0.737. The van der Waals surface area contributed by atoms with Gasteiger partial charge in [-0.3, -0.25) is 9.78 Å². The summed E-state index contributed by atoms with van der Waals surface area (Å²) in [6.45, 7) is 2.84. The smallest absolute Gasteiger partial charge is 0.254 e. The Hall–Kier alpha value is -2.20. The fourth-order valence-corrected chi connectivity index (χ4v) is 4.64. The molecule has 4 rings (SSSR count). The molecule has 1 N–H and O–H groups in total. The molecule has 0 spiro atoms. The van der Waals surface area contributed by atoms with Gasteiger partial charge in [-0.25, -0.2) is 0 Å². The Morgan fingerprint density at radius 3 is 2.39 bits per heavy atom. The summed E-state index contributed by atoms with van der Waals surface area (Å²) < 4.78 is 0. The molecule has 1 unspecified atom stereocenters. The first-order valence-corrected chi connectivity index (χ1v) is 10.8. The van der Waals surface area contributed by atoms with Gasteiger partial charge in [-0.1, -0.05) is 31.4 Å². The summed E-state index contributed by atoms with van der Waals surface area (Å²) in [6.07, 6.45) is 12.0. The zero-order chi connectivity index (χ0) is 19.2. The maximum absolute atomic E-state index is 13.4. The molecule has 1 atom stereocenters. The molecule has 2 fully saturated rings. The first-order valence-electron chi connectivity index (χ1n) is 10.8. The molecule has 1 aliphatic heterocycles. The van der Waals surface area contributed by atoms with E-state index in [-0.39, 0.29) is 5.91 Å². The zero-order valence-electron chi connectivity index (χ0n) is 16.6. The molecule has 1 aliphatic carbocycles. The number of aromatic nitrogens is 1. The van der Waals surface area contributed by atoms with Gasteiger partial charge in [0.1, 0.15) is 0 Å². The average molecular weight is 378 g/mol. The van der Waals surface area contributed by atoms with Crippen molar-refractivity contribution in [2.75, 3.05) is 13.1 Å². The Morgan fingerprint density at radius 2 is 1.71 bits per heavy atom. The summed E-state index contributed by atoms with van der Waals surface area (Å²) in [4.78, 5) is 19.7. The highest BCUT2D eigenvalue weighted by molar-refractivity contribution is 5.94. The minimum Gasteiger partial charge on any atom is -0.331 e. The molecule has 148 valence electrons. The number of carbonyl (C=O) groups is 1. The van der Waals surface area contributed by atoms with Crippen LogP contribution >= 0.6 is 0 Å². The quantitative estimate of drug-likeness (QED) is 0.833. The van der Waals surface area contributed by atoms with Crippen molar-refractivity contribution < 1.29 is 4.79 Å². The highest BCUT2D eigenvalue weighted by Crippen LogP contribution is 2.27. The van der Waals surface area contributed by atoms with E-state index in [1.54, 1.807) is 0 Å². The van der Waals surface area contributed by atoms with Crippen molar-refractivity contribution in [2.24, 2.45) is 0 Å². The Bertz CT molecular complexity index is 747. The van der Waals surface area contributed by atoms with E-state index in [1.165, 1.54) is 37.7 Å². The Kier molecular flexibility index (Phi) is 6.38. The molecule has 1 saturated carbocycles. The molecule has 1 aromatic heterocycles. The third-order valence-electron chi connectivity index (χ3n) is 6.30. The van der Waals surface area contributed by atoms with E-state index < -0.39 is 0 Å². The minimum atomic E-state index is 0.164. The van der Waals surface area contributed by atoms with Gasteiger partial charge < -0.3 is 10.2 Å². The summed E-state index contributed by atoms with van der Waals surface area (Å²) >= 11 is 0. The average Bonchev–Trinajstić information content (AvgIpc) is 2.79. The lowest BCUT2D eigenvalue weighted by molar-refractivity contribution is 0.0614. The predicted octanol–water partition coefficient (Wildman–Crippen LogP) is 4.52. The van der Waals surface area contributed by atoms with Gasteiger partial charge in [-0.2, -0.15) is 0 Å². The number of pyridine rings is 1. The number of benzene rings is 1. The largest absolute Gasteiger partial charge is 0.331 e. The van der Waals surface area contributed by atoms with Crippen LogP contribution in [0.15, 0.2) is 48.8 Å². The number of nitrogens with zero attached hydrogens (tertiary/aromatic N) is 2. The lowest BCUT2D eigenvalue weighted by Crippen LogP contribution is -2.41. The first kappa shape index (κ1) is 19.1. The number of hydrogen-bond donors (Lipinski definition) is 1. The Labute approximate surface area is 168 Å². The number of hydrogen-bond acceptors (Lipinski definition) is 3.